The number of unbranched alkanes of at least 4 members (excludes halogenated alkanes) is 1. The molecule has 0 bridgehead atoms. The van der Waals surface area contributed by atoms with Gasteiger partial charge >= 0.3 is 0 Å². The maximum absolute atomic E-state index is 13.7. The third-order valence-corrected chi connectivity index (χ3v) is 4.50. The molecule has 0 saturated carbocycles. The number of rotatable bonds is 5. The highest BCUT2D eigenvalue weighted by atomic mass is 35.5. The van der Waals surface area contributed by atoms with Crippen LogP contribution < -0.4 is 0 Å². The maximum Gasteiger partial charge on any atom is 0.191 e. The lowest BCUT2D eigenvalue weighted by atomic mass is 10.1. The van der Waals surface area contributed by atoms with Gasteiger partial charge in [0.2, 0.25) is 0 Å². The van der Waals surface area contributed by atoms with Gasteiger partial charge in [-0.25, -0.2) is 4.39 Å². The smallest absolute Gasteiger partial charge is 0.191 e. The van der Waals surface area contributed by atoms with Crippen LogP contribution in [0, 0.1) is 5.82 Å². The quantitative estimate of drug-likeness (QED) is 0.547. The van der Waals surface area contributed by atoms with E-state index in [1.54, 1.807) is 0 Å². The van der Waals surface area contributed by atoms with E-state index in [9.17, 15) is 9.18 Å². The van der Waals surface area contributed by atoms with Crippen LogP contribution in [0.15, 0.2) is 40.4 Å². The normalized spacial score (nSPS) is 16.5. The highest BCUT2D eigenvalue weighted by Crippen LogP contribution is 2.34. The molecule has 1 aromatic rings. The minimum absolute atomic E-state index is 0.00981. The number of hydrogen-bond acceptors (Lipinski definition) is 3. The summed E-state index contributed by atoms with van der Waals surface area (Å²) in [4.78, 5) is 14.4. The average Bonchev–Trinajstić information content (AvgIpc) is 2.79. The van der Waals surface area contributed by atoms with Gasteiger partial charge in [-0.05, 0) is 37.0 Å². The van der Waals surface area contributed by atoms with E-state index in [-0.39, 0.29) is 11.3 Å². The zero-order chi connectivity index (χ0) is 15.4. The van der Waals surface area contributed by atoms with E-state index < -0.39 is 5.82 Å². The predicted molar refractivity (Wildman–Crippen MR) is 86.8 cm³/mol. The number of nitrogens with zero attached hydrogens (tertiary/aromatic N) is 1. The van der Waals surface area contributed by atoms with Crippen molar-refractivity contribution in [3.8, 4) is 0 Å². The Hall–Kier alpha value is -1.26. The lowest BCUT2D eigenvalue weighted by Crippen LogP contribution is -2.18. The van der Waals surface area contributed by atoms with Gasteiger partial charge in [-0.1, -0.05) is 36.7 Å². The van der Waals surface area contributed by atoms with Gasteiger partial charge in [0.1, 0.15) is 5.82 Å². The SMILES string of the molecule is CCCCN1C(C)=CS/C1=C\C(=O)c1cc(Cl)ccc1F. The number of carbonyl (C=O) groups excluding carboxylic acids is 1. The van der Waals surface area contributed by atoms with Gasteiger partial charge in [-0.3, -0.25) is 4.79 Å². The molecule has 2 nitrogen and oxygen atoms in total. The zero-order valence-corrected chi connectivity index (χ0v) is 13.6. The monoisotopic (exact) mass is 325 g/mol. The van der Waals surface area contributed by atoms with Gasteiger partial charge in [-0.15, -0.1) is 0 Å². The molecular weight excluding hydrogens is 309 g/mol. The van der Waals surface area contributed by atoms with Crippen molar-refractivity contribution in [1.82, 2.24) is 4.90 Å². The van der Waals surface area contributed by atoms with Gasteiger partial charge in [0.05, 0.1) is 10.6 Å². The van der Waals surface area contributed by atoms with Gasteiger partial charge in [0, 0.05) is 23.3 Å². The van der Waals surface area contributed by atoms with Crippen molar-refractivity contribution in [1.29, 1.82) is 0 Å². The van der Waals surface area contributed by atoms with Crippen molar-refractivity contribution >= 4 is 29.1 Å². The summed E-state index contributed by atoms with van der Waals surface area (Å²) in [5, 5.41) is 3.20. The summed E-state index contributed by atoms with van der Waals surface area (Å²) in [5.74, 6) is -0.906. The summed E-state index contributed by atoms with van der Waals surface area (Å²) in [7, 11) is 0. The molecule has 21 heavy (non-hydrogen) atoms. The second kappa shape index (κ2) is 7.14. The molecule has 0 aromatic heterocycles. The molecular formula is C16H17ClFNOS. The minimum Gasteiger partial charge on any atom is -0.339 e. The van der Waals surface area contributed by atoms with E-state index in [0.717, 1.165) is 30.1 Å². The molecule has 1 aliphatic heterocycles. The molecule has 0 amide bonds. The molecule has 1 aliphatic rings. The number of thioether (sulfide) groups is 1. The number of halogens is 2. The molecule has 0 saturated heterocycles. The highest BCUT2D eigenvalue weighted by Gasteiger charge is 2.20. The van der Waals surface area contributed by atoms with Crippen LogP contribution in [0.4, 0.5) is 4.39 Å². The molecule has 0 aliphatic carbocycles. The molecule has 2 rings (SSSR count). The molecule has 0 N–H and O–H groups in total. The van der Waals surface area contributed by atoms with E-state index in [0.29, 0.717) is 5.02 Å². The number of carbonyl (C=O) groups is 1. The number of allylic oxidation sites excluding steroid dienone is 2. The molecule has 0 atom stereocenters. The van der Waals surface area contributed by atoms with E-state index >= 15 is 0 Å². The third-order valence-electron chi connectivity index (χ3n) is 3.23. The average molecular weight is 326 g/mol. The Morgan fingerprint density at radius 3 is 2.95 bits per heavy atom. The van der Waals surface area contributed by atoms with E-state index in [1.165, 1.54) is 36.0 Å². The summed E-state index contributed by atoms with van der Waals surface area (Å²) in [5.41, 5.74) is 1.12. The Morgan fingerprint density at radius 2 is 2.24 bits per heavy atom. The fraction of sp³-hybridized carbons (Fsp3) is 0.312. The van der Waals surface area contributed by atoms with Crippen LogP contribution in [0.2, 0.25) is 5.02 Å². The molecule has 0 unspecified atom stereocenters. The van der Waals surface area contributed by atoms with Crippen molar-refractivity contribution in [2.75, 3.05) is 6.54 Å². The highest BCUT2D eigenvalue weighted by molar-refractivity contribution is 8.06. The first kappa shape index (κ1) is 16.1. The Morgan fingerprint density at radius 1 is 1.48 bits per heavy atom. The van der Waals surface area contributed by atoms with Crippen LogP contribution in [0.1, 0.15) is 37.0 Å². The van der Waals surface area contributed by atoms with E-state index in [1.807, 2.05) is 12.3 Å². The van der Waals surface area contributed by atoms with Gasteiger partial charge in [0.15, 0.2) is 5.78 Å². The number of benzene rings is 1. The molecule has 0 fully saturated rings. The largest absolute Gasteiger partial charge is 0.339 e. The first-order chi connectivity index (χ1) is 10.0. The van der Waals surface area contributed by atoms with Crippen LogP contribution in [0.25, 0.3) is 0 Å². The van der Waals surface area contributed by atoms with E-state index in [2.05, 4.69) is 11.8 Å². The Kier molecular flexibility index (Phi) is 5.48. The Balaban J connectivity index is 2.22. The Labute approximate surface area is 133 Å². The van der Waals surface area contributed by atoms with Gasteiger partial charge in [-0.2, -0.15) is 0 Å². The standard InChI is InChI=1S/C16H17ClFNOS/c1-3-4-7-19-11(2)10-21-16(19)9-15(20)13-8-12(17)5-6-14(13)18/h5-6,8-10H,3-4,7H2,1-2H3/b16-9-. The third kappa shape index (κ3) is 3.89. The Bertz CT molecular complexity index is 612. The fourth-order valence-electron chi connectivity index (χ4n) is 2.04. The van der Waals surface area contributed by atoms with Gasteiger partial charge < -0.3 is 4.90 Å². The lowest BCUT2D eigenvalue weighted by Gasteiger charge is -2.21. The molecule has 1 aromatic carbocycles. The molecule has 112 valence electrons. The molecule has 1 heterocycles. The van der Waals surface area contributed by atoms with Crippen LogP contribution in [-0.4, -0.2) is 17.2 Å². The second-order valence-corrected chi connectivity index (χ2v) is 6.18. The summed E-state index contributed by atoms with van der Waals surface area (Å²) in [6, 6.07) is 4.02. The second-order valence-electron chi connectivity index (χ2n) is 4.85. The molecule has 5 heteroatoms. The summed E-state index contributed by atoms with van der Waals surface area (Å²) >= 11 is 7.32. The maximum atomic E-state index is 13.7. The lowest BCUT2D eigenvalue weighted by molar-refractivity contribution is 0.104. The minimum atomic E-state index is -0.547. The van der Waals surface area contributed by atoms with Crippen molar-refractivity contribution in [3.05, 3.63) is 56.8 Å². The fourth-order valence-corrected chi connectivity index (χ4v) is 3.17. The molecule has 0 spiro atoms. The van der Waals surface area contributed by atoms with E-state index in [4.69, 9.17) is 11.6 Å². The number of ketones is 1. The van der Waals surface area contributed by atoms with Crippen molar-refractivity contribution in [2.24, 2.45) is 0 Å². The van der Waals surface area contributed by atoms with Crippen LogP contribution in [0.5, 0.6) is 0 Å². The summed E-state index contributed by atoms with van der Waals surface area (Å²) in [6.45, 7) is 5.00. The topological polar surface area (TPSA) is 20.3 Å². The van der Waals surface area contributed by atoms with Crippen LogP contribution in [0.3, 0.4) is 0 Å². The van der Waals surface area contributed by atoms with Crippen molar-refractivity contribution in [3.63, 3.8) is 0 Å². The first-order valence-corrected chi connectivity index (χ1v) is 8.10. The zero-order valence-electron chi connectivity index (χ0n) is 12.0. The first-order valence-electron chi connectivity index (χ1n) is 6.85. The van der Waals surface area contributed by atoms with Crippen molar-refractivity contribution < 1.29 is 9.18 Å². The summed E-state index contributed by atoms with van der Waals surface area (Å²) in [6.07, 6.45) is 3.61. The van der Waals surface area contributed by atoms with Crippen LogP contribution >= 0.6 is 23.4 Å². The predicted octanol–water partition coefficient (Wildman–Crippen LogP) is 5.21. The number of hydrogen-bond donors (Lipinski definition) is 0. The van der Waals surface area contributed by atoms with Crippen LogP contribution in [-0.2, 0) is 0 Å². The van der Waals surface area contributed by atoms with Crippen molar-refractivity contribution in [2.45, 2.75) is 26.7 Å². The van der Waals surface area contributed by atoms with Gasteiger partial charge in [0.25, 0.3) is 0 Å². The summed E-state index contributed by atoms with van der Waals surface area (Å²) < 4.78 is 13.7. The molecule has 0 radical (unpaired) electrons.